The largest absolute Gasteiger partial charge is 0.477 e. The summed E-state index contributed by atoms with van der Waals surface area (Å²) in [5.74, 6) is -7.71. The summed E-state index contributed by atoms with van der Waals surface area (Å²) in [6, 6.07) is -4.81. The van der Waals surface area contributed by atoms with Gasteiger partial charge in [0.05, 0.1) is 63.9 Å². The van der Waals surface area contributed by atoms with Crippen LogP contribution in [-0.4, -0.2) is 321 Å². The van der Waals surface area contributed by atoms with E-state index in [2.05, 4.69) is 29.8 Å². The molecule has 5 saturated heterocycles. The van der Waals surface area contributed by atoms with Crippen LogP contribution in [0.25, 0.3) is 0 Å². The summed E-state index contributed by atoms with van der Waals surface area (Å²) >= 11 is 0. The molecule has 0 spiro atoms. The quantitative estimate of drug-likeness (QED) is 0.0255. The first-order valence-electron chi connectivity index (χ1n) is 39.1. The molecule has 0 aromatic heterocycles. The van der Waals surface area contributed by atoms with Gasteiger partial charge in [0, 0.05) is 26.7 Å². The molecule has 5 aliphatic rings. The Morgan fingerprint density at radius 1 is 0.486 bits per heavy atom. The fraction of sp³-hybridized carbons (Fsp3) is 0.918. The molecule has 0 radical (unpaired) electrons. The van der Waals surface area contributed by atoms with Crippen molar-refractivity contribution in [1.82, 2.24) is 16.0 Å². The molecule has 34 heteroatoms. The highest BCUT2D eigenvalue weighted by Gasteiger charge is 2.62. The number of carbonyl (C=O) groups excluding carboxylic acids is 3. The number of allylic oxidation sites excluding steroid dienone is 1. The van der Waals surface area contributed by atoms with Gasteiger partial charge >= 0.3 is 5.97 Å². The minimum atomic E-state index is -3.38. The van der Waals surface area contributed by atoms with Crippen LogP contribution in [0.5, 0.6) is 0 Å². The molecule has 5 heterocycles. The Morgan fingerprint density at radius 2 is 0.925 bits per heavy atom. The van der Waals surface area contributed by atoms with Crippen LogP contribution in [0.15, 0.2) is 12.2 Å². The van der Waals surface area contributed by atoms with E-state index in [1.54, 1.807) is 6.08 Å². The number of ether oxygens (including phenoxy) is 10. The van der Waals surface area contributed by atoms with E-state index >= 15 is 0 Å². The Bertz CT molecular complexity index is 2500. The van der Waals surface area contributed by atoms with Gasteiger partial charge in [-0.05, 0) is 19.3 Å². The third-order valence-corrected chi connectivity index (χ3v) is 20.6. The zero-order valence-electron chi connectivity index (χ0n) is 62.8. The molecule has 5 fully saturated rings. The lowest BCUT2D eigenvalue weighted by Gasteiger charge is -2.52. The molecule has 10 unspecified atom stereocenters. The van der Waals surface area contributed by atoms with Gasteiger partial charge in [-0.2, -0.15) is 0 Å². The molecule has 0 aromatic rings. The monoisotopic (exact) mass is 1550 g/mol. The summed E-state index contributed by atoms with van der Waals surface area (Å²) in [6.07, 6.45) is -16.8. The van der Waals surface area contributed by atoms with Crippen molar-refractivity contribution < 1.29 is 153 Å². The van der Waals surface area contributed by atoms with Gasteiger partial charge in [0.2, 0.25) is 17.7 Å². The molecule has 20 N–H and O–H groups in total. The molecule has 5 aliphatic heterocycles. The maximum absolute atomic E-state index is 13.8. The van der Waals surface area contributed by atoms with Gasteiger partial charge in [0.1, 0.15) is 116 Å². The smallest absolute Gasteiger partial charge is 0.364 e. The zero-order chi connectivity index (χ0) is 78.8. The fourth-order valence-corrected chi connectivity index (χ4v) is 14.3. The van der Waals surface area contributed by atoms with E-state index in [1.807, 2.05) is 6.08 Å². The molecule has 0 aliphatic carbocycles. The number of nitrogens with one attached hydrogen (secondary N) is 3. The minimum Gasteiger partial charge on any atom is -0.477 e. The normalized spacial score (nSPS) is 34.6. The Morgan fingerprint density at radius 3 is 1.44 bits per heavy atom. The summed E-state index contributed by atoms with van der Waals surface area (Å²) in [7, 11) is 0. The second kappa shape index (κ2) is 49.9. The average Bonchev–Trinajstić information content (AvgIpc) is 0.750. The van der Waals surface area contributed by atoms with E-state index in [1.165, 1.54) is 103 Å². The number of hydrogen-bond donors (Lipinski definition) is 20. The van der Waals surface area contributed by atoms with Crippen LogP contribution in [0.1, 0.15) is 214 Å². The van der Waals surface area contributed by atoms with Gasteiger partial charge in [-0.3, -0.25) is 14.4 Å². The maximum Gasteiger partial charge on any atom is 0.364 e. The van der Waals surface area contributed by atoms with Gasteiger partial charge in [-0.1, -0.05) is 180 Å². The number of aliphatic hydroxyl groups is 16. The molecule has 34 nitrogen and oxygen atoms in total. The Labute approximate surface area is 627 Å². The average molecular weight is 1550 g/mol. The van der Waals surface area contributed by atoms with E-state index in [4.69, 9.17) is 47.4 Å². The van der Waals surface area contributed by atoms with Crippen molar-refractivity contribution in [3.8, 4) is 0 Å². The second-order valence-corrected chi connectivity index (χ2v) is 29.3. The van der Waals surface area contributed by atoms with Crippen LogP contribution in [0.3, 0.4) is 0 Å². The van der Waals surface area contributed by atoms with Crippen molar-refractivity contribution in [2.45, 2.75) is 385 Å². The van der Waals surface area contributed by atoms with Crippen LogP contribution in [-0.2, 0) is 66.5 Å². The van der Waals surface area contributed by atoms with Gasteiger partial charge in [-0.15, -0.1) is 0 Å². The van der Waals surface area contributed by atoms with Crippen molar-refractivity contribution in [3.05, 3.63) is 12.2 Å². The van der Waals surface area contributed by atoms with Gasteiger partial charge in [0.15, 0.2) is 25.2 Å². The third-order valence-electron chi connectivity index (χ3n) is 20.6. The van der Waals surface area contributed by atoms with Crippen molar-refractivity contribution in [2.75, 3.05) is 39.6 Å². The van der Waals surface area contributed by atoms with E-state index in [0.717, 1.165) is 71.6 Å². The topological polar surface area (TPSA) is 541 Å². The van der Waals surface area contributed by atoms with Crippen molar-refractivity contribution in [2.24, 2.45) is 0 Å². The van der Waals surface area contributed by atoms with Gasteiger partial charge in [-0.25, -0.2) is 4.79 Å². The van der Waals surface area contributed by atoms with Crippen LogP contribution >= 0.6 is 0 Å². The highest BCUT2D eigenvalue weighted by molar-refractivity contribution is 5.77. The van der Waals surface area contributed by atoms with E-state index in [-0.39, 0.29) is 12.3 Å². The van der Waals surface area contributed by atoms with Crippen LogP contribution in [0.2, 0.25) is 0 Å². The third kappa shape index (κ3) is 29.2. The number of aliphatic carboxylic acids is 1. The second-order valence-electron chi connectivity index (χ2n) is 29.3. The number of rotatable bonds is 52. The van der Waals surface area contributed by atoms with Gasteiger partial charge < -0.3 is 150 Å². The lowest BCUT2D eigenvalue weighted by Crippen LogP contribution is -2.72. The lowest BCUT2D eigenvalue weighted by molar-refractivity contribution is -0.403. The molecule has 0 aromatic carbocycles. The lowest BCUT2D eigenvalue weighted by atomic mass is 9.88. The predicted molar refractivity (Wildman–Crippen MR) is 378 cm³/mol. The van der Waals surface area contributed by atoms with Crippen molar-refractivity contribution >= 4 is 23.7 Å². The molecule has 624 valence electrons. The Balaban J connectivity index is 1.40. The van der Waals surface area contributed by atoms with Crippen LogP contribution < -0.4 is 16.0 Å². The number of carbonyl (C=O) groups is 4. The summed E-state index contributed by atoms with van der Waals surface area (Å²) in [5, 5.41) is 197. The number of hydrogen-bond acceptors (Lipinski definition) is 30. The number of amides is 3. The number of carboxylic acid groups (broad SMARTS) is 1. The zero-order valence-corrected chi connectivity index (χ0v) is 62.8. The van der Waals surface area contributed by atoms with Crippen molar-refractivity contribution in [3.63, 3.8) is 0 Å². The molecule has 107 heavy (non-hydrogen) atoms. The molecule has 28 atom stereocenters. The summed E-state index contributed by atoms with van der Waals surface area (Å²) in [5.41, 5.74) is 0. The van der Waals surface area contributed by atoms with Crippen LogP contribution in [0, 0.1) is 0 Å². The molecule has 3 amide bonds. The molecule has 5 rings (SSSR count). The molecule has 0 bridgehead atoms. The first-order valence-corrected chi connectivity index (χ1v) is 39.1. The molecule has 0 saturated carbocycles. The fourth-order valence-electron chi connectivity index (χ4n) is 14.3. The highest BCUT2D eigenvalue weighted by atomic mass is 16.8. The van der Waals surface area contributed by atoms with Crippen molar-refractivity contribution in [1.29, 1.82) is 0 Å². The Hall–Kier alpha value is -3.42. The van der Waals surface area contributed by atoms with E-state index < -0.39 is 235 Å². The number of unbranched alkanes of at least 4 members (excludes halogenated alkanes) is 25. The number of aliphatic hydroxyl groups excluding tert-OH is 16. The number of carboxylic acids is 1. The SMILES string of the molecule is CCCCCCCCCCCCC/C=C/[C@@H](O)[C@H](CO[C@@H]1O[C@@H](CO)[C@@H](O[C@@H]2OC(CO)[C@H](O[C@H]3O[C@@H](CO)[C@H](O)C(O[C@@H]4O[C@@H](CO)[C@H](O)C(O)C4O)C3NC(C)=O)[C@H](O[C@]3(C(=O)O)CC(O)[C@@H](NC(C)=O)C([C@@H](O)[C@H](O)CO)O3)C2O)C(O)C1O)NC(=O)CCCCCCCCCCCCCCCCC. The van der Waals surface area contributed by atoms with Crippen LogP contribution in [0.4, 0.5) is 0 Å². The Kier molecular flexibility index (Phi) is 44.0. The van der Waals surface area contributed by atoms with E-state index in [9.17, 15) is 106 Å². The predicted octanol–water partition coefficient (Wildman–Crippen LogP) is -1.04. The van der Waals surface area contributed by atoms with E-state index in [0.29, 0.717) is 12.8 Å². The highest BCUT2D eigenvalue weighted by Crippen LogP contribution is 2.41. The first kappa shape index (κ1) is 94.2. The molecular formula is C73H131N3O31. The summed E-state index contributed by atoms with van der Waals surface area (Å²) in [4.78, 5) is 53.0. The standard InChI is InChI=1S/C73H131N3O31/c1-5-7-9-11-13-15-17-19-20-22-24-26-28-30-32-34-52(87)76-44(45(84)33-31-29-27-25-23-21-18-16-14-12-10-8-6-2)41-98-69-61(94)59(92)63(50(39-80)101-69)103-71-62(95)67(107-73(72(96)97)35-46(85)53(74-42(3)82)66(106-73)55(88)47(86)36-77)64(51(40-81)102-71)104-68-54(75-43(4)83)65(57(90)49(38-79)99-68)105-70-60(93)58(91)56(89)48(37-78)100-70/h31,33,44-51,53-71,77-81,84-86,88-95H,5-30,32,34-41H2,1-4H3,(H,74,82)(H,75,83)(H,76,87)(H,96,97)/b33-31+/t44-,45+,46?,47+,48-,49-,50-,51?,53+,54?,55-,56-,57-,58?,59?,60?,61?,62?,63+,64-,65?,66?,67+,68+,69+,70-,71-,73-/m0/s1. The molecular weight excluding hydrogens is 1410 g/mol. The summed E-state index contributed by atoms with van der Waals surface area (Å²) < 4.78 is 60.1. The first-order chi connectivity index (χ1) is 51.3. The summed E-state index contributed by atoms with van der Waals surface area (Å²) in [6.45, 7) is 0.317. The van der Waals surface area contributed by atoms with Gasteiger partial charge in [0.25, 0.3) is 5.79 Å². The minimum absolute atomic E-state index is 0.135. The maximum atomic E-state index is 13.8.